The van der Waals surface area contributed by atoms with E-state index in [-0.39, 0.29) is 5.76 Å². The fraction of sp³-hybridized carbons (Fsp3) is 0.182. The Hall–Kier alpha value is -1.77. The van der Waals surface area contributed by atoms with Gasteiger partial charge in [-0.2, -0.15) is 0 Å². The molecule has 0 aliphatic rings. The number of carbonyl (C=O) groups is 1. The second kappa shape index (κ2) is 4.46. The Labute approximate surface area is 82.6 Å². The van der Waals surface area contributed by atoms with E-state index in [1.807, 2.05) is 19.1 Å². The lowest BCUT2D eigenvalue weighted by atomic mass is 10.2. The zero-order valence-electron chi connectivity index (χ0n) is 8.15. The van der Waals surface area contributed by atoms with Gasteiger partial charge in [0.2, 0.25) is 5.76 Å². The molecule has 0 atom stereocenters. The molecule has 1 aromatic carbocycles. The maximum atomic E-state index is 10.6. The van der Waals surface area contributed by atoms with E-state index in [0.717, 1.165) is 5.56 Å². The van der Waals surface area contributed by atoms with Crippen LogP contribution in [0.25, 0.3) is 0 Å². The average Bonchev–Trinajstić information content (AvgIpc) is 2.16. The van der Waals surface area contributed by atoms with Crippen molar-refractivity contribution < 1.29 is 14.6 Å². The van der Waals surface area contributed by atoms with Crippen molar-refractivity contribution in [1.82, 2.24) is 0 Å². The third-order valence-corrected chi connectivity index (χ3v) is 1.72. The number of ether oxygens (including phenoxy) is 1. The van der Waals surface area contributed by atoms with Crippen LogP contribution in [0.2, 0.25) is 0 Å². The van der Waals surface area contributed by atoms with Crippen LogP contribution in [-0.2, 0) is 4.79 Å². The molecule has 14 heavy (non-hydrogen) atoms. The van der Waals surface area contributed by atoms with Gasteiger partial charge in [-0.15, -0.1) is 0 Å². The largest absolute Gasteiger partial charge is 0.475 e. The van der Waals surface area contributed by atoms with Crippen molar-refractivity contribution in [2.75, 3.05) is 0 Å². The standard InChI is InChI=1S/C11H12O3/c1-3-10(11(12)13)14-9-6-4-8(2)5-7-9/h3-7H,1-2H3,(H,12,13)/b10-3-. The van der Waals surface area contributed by atoms with E-state index in [1.165, 1.54) is 6.08 Å². The van der Waals surface area contributed by atoms with Crippen molar-refractivity contribution in [1.29, 1.82) is 0 Å². The third kappa shape index (κ3) is 2.62. The molecule has 0 aliphatic heterocycles. The van der Waals surface area contributed by atoms with Crippen LogP contribution in [-0.4, -0.2) is 11.1 Å². The van der Waals surface area contributed by atoms with Gasteiger partial charge in [0.1, 0.15) is 5.75 Å². The smallest absolute Gasteiger partial charge is 0.371 e. The van der Waals surface area contributed by atoms with E-state index in [0.29, 0.717) is 5.75 Å². The molecule has 1 rings (SSSR count). The molecule has 0 radical (unpaired) electrons. The van der Waals surface area contributed by atoms with Crippen LogP contribution < -0.4 is 4.74 Å². The van der Waals surface area contributed by atoms with Crippen LogP contribution >= 0.6 is 0 Å². The van der Waals surface area contributed by atoms with Crippen molar-refractivity contribution in [2.24, 2.45) is 0 Å². The van der Waals surface area contributed by atoms with E-state index in [9.17, 15) is 4.79 Å². The second-order valence-corrected chi connectivity index (χ2v) is 2.87. The van der Waals surface area contributed by atoms with Crippen molar-refractivity contribution in [2.45, 2.75) is 13.8 Å². The van der Waals surface area contributed by atoms with Crippen molar-refractivity contribution in [3.05, 3.63) is 41.7 Å². The van der Waals surface area contributed by atoms with Crippen LogP contribution in [0.5, 0.6) is 5.75 Å². The summed E-state index contributed by atoms with van der Waals surface area (Å²) in [5, 5.41) is 8.70. The number of benzene rings is 1. The van der Waals surface area contributed by atoms with E-state index in [1.54, 1.807) is 19.1 Å². The zero-order chi connectivity index (χ0) is 10.6. The number of hydrogen-bond acceptors (Lipinski definition) is 2. The minimum atomic E-state index is -1.06. The summed E-state index contributed by atoms with van der Waals surface area (Å²) in [6.07, 6.45) is 1.42. The summed E-state index contributed by atoms with van der Waals surface area (Å²) in [4.78, 5) is 10.6. The molecular weight excluding hydrogens is 180 g/mol. The van der Waals surface area contributed by atoms with Crippen molar-refractivity contribution >= 4 is 5.97 Å². The Morgan fingerprint density at radius 3 is 2.36 bits per heavy atom. The summed E-state index contributed by atoms with van der Waals surface area (Å²) in [5.74, 6) is -0.590. The summed E-state index contributed by atoms with van der Waals surface area (Å²) in [6, 6.07) is 7.21. The Kier molecular flexibility index (Phi) is 3.29. The summed E-state index contributed by atoms with van der Waals surface area (Å²) < 4.78 is 5.14. The number of carboxylic acid groups (broad SMARTS) is 1. The Balaban J connectivity index is 2.78. The maximum Gasteiger partial charge on any atom is 0.371 e. The Morgan fingerprint density at radius 2 is 1.93 bits per heavy atom. The topological polar surface area (TPSA) is 46.5 Å². The highest BCUT2D eigenvalue weighted by Gasteiger charge is 2.07. The quantitative estimate of drug-likeness (QED) is 0.590. The number of allylic oxidation sites excluding steroid dienone is 1. The average molecular weight is 192 g/mol. The monoisotopic (exact) mass is 192 g/mol. The molecular formula is C11H12O3. The molecule has 0 heterocycles. The first-order valence-corrected chi connectivity index (χ1v) is 4.27. The Morgan fingerprint density at radius 1 is 1.36 bits per heavy atom. The Bertz CT molecular complexity index is 349. The summed E-state index contributed by atoms with van der Waals surface area (Å²) in [5.41, 5.74) is 1.11. The molecule has 0 bridgehead atoms. The lowest BCUT2D eigenvalue weighted by molar-refractivity contribution is -0.135. The van der Waals surface area contributed by atoms with Gasteiger partial charge in [0.05, 0.1) is 0 Å². The van der Waals surface area contributed by atoms with Gasteiger partial charge in [-0.05, 0) is 32.1 Å². The van der Waals surface area contributed by atoms with Crippen LogP contribution in [0.3, 0.4) is 0 Å². The SMILES string of the molecule is C/C=C(\Oc1ccc(C)cc1)C(=O)O. The lowest BCUT2D eigenvalue weighted by Gasteiger charge is -2.05. The molecule has 0 spiro atoms. The molecule has 0 unspecified atom stereocenters. The summed E-state index contributed by atoms with van der Waals surface area (Å²) in [6.45, 7) is 3.58. The first-order valence-electron chi connectivity index (χ1n) is 4.27. The number of hydrogen-bond donors (Lipinski definition) is 1. The van der Waals surface area contributed by atoms with E-state index >= 15 is 0 Å². The molecule has 1 N–H and O–H groups in total. The molecule has 74 valence electrons. The highest BCUT2D eigenvalue weighted by Crippen LogP contribution is 2.14. The molecule has 0 aromatic heterocycles. The van der Waals surface area contributed by atoms with Gasteiger partial charge in [-0.3, -0.25) is 0 Å². The van der Waals surface area contributed by atoms with Crippen LogP contribution in [0, 0.1) is 6.92 Å². The lowest BCUT2D eigenvalue weighted by Crippen LogP contribution is -2.07. The predicted octanol–water partition coefficient (Wildman–Crippen LogP) is 2.36. The van der Waals surface area contributed by atoms with Gasteiger partial charge in [0, 0.05) is 0 Å². The second-order valence-electron chi connectivity index (χ2n) is 2.87. The maximum absolute atomic E-state index is 10.6. The summed E-state index contributed by atoms with van der Waals surface area (Å²) >= 11 is 0. The van der Waals surface area contributed by atoms with Gasteiger partial charge in [0.25, 0.3) is 0 Å². The van der Waals surface area contributed by atoms with Gasteiger partial charge >= 0.3 is 5.97 Å². The molecule has 0 saturated heterocycles. The predicted molar refractivity (Wildman–Crippen MR) is 53.2 cm³/mol. The highest BCUT2D eigenvalue weighted by atomic mass is 16.5. The van der Waals surface area contributed by atoms with Crippen LogP contribution in [0.4, 0.5) is 0 Å². The van der Waals surface area contributed by atoms with Crippen molar-refractivity contribution in [3.63, 3.8) is 0 Å². The fourth-order valence-corrected chi connectivity index (χ4v) is 0.959. The van der Waals surface area contributed by atoms with Gasteiger partial charge < -0.3 is 9.84 Å². The van der Waals surface area contributed by atoms with Gasteiger partial charge in [0.15, 0.2) is 0 Å². The van der Waals surface area contributed by atoms with E-state index in [2.05, 4.69) is 0 Å². The first-order chi connectivity index (χ1) is 6.63. The summed E-state index contributed by atoms with van der Waals surface area (Å²) in [7, 11) is 0. The number of aliphatic carboxylic acids is 1. The van der Waals surface area contributed by atoms with Crippen molar-refractivity contribution in [3.8, 4) is 5.75 Å². The number of carboxylic acids is 1. The first kappa shape index (κ1) is 10.3. The zero-order valence-corrected chi connectivity index (χ0v) is 8.15. The normalized spacial score (nSPS) is 11.1. The molecule has 0 aliphatic carbocycles. The molecule has 0 amide bonds. The van der Waals surface area contributed by atoms with Gasteiger partial charge in [-0.25, -0.2) is 4.79 Å². The van der Waals surface area contributed by atoms with E-state index < -0.39 is 5.97 Å². The third-order valence-electron chi connectivity index (χ3n) is 1.72. The molecule has 3 heteroatoms. The highest BCUT2D eigenvalue weighted by molar-refractivity contribution is 5.84. The number of rotatable bonds is 3. The number of aryl methyl sites for hydroxylation is 1. The van der Waals surface area contributed by atoms with Gasteiger partial charge in [-0.1, -0.05) is 17.7 Å². The minimum Gasteiger partial charge on any atom is -0.475 e. The minimum absolute atomic E-state index is 0.0612. The van der Waals surface area contributed by atoms with Crippen LogP contribution in [0.15, 0.2) is 36.1 Å². The van der Waals surface area contributed by atoms with Crippen LogP contribution in [0.1, 0.15) is 12.5 Å². The molecule has 1 aromatic rings. The molecule has 0 saturated carbocycles. The van der Waals surface area contributed by atoms with E-state index in [4.69, 9.17) is 9.84 Å². The molecule has 0 fully saturated rings. The fourth-order valence-electron chi connectivity index (χ4n) is 0.959. The molecule has 3 nitrogen and oxygen atoms in total.